The molecule has 1 aromatic carbocycles. The van der Waals surface area contributed by atoms with E-state index >= 15 is 0 Å². The van der Waals surface area contributed by atoms with Gasteiger partial charge >= 0.3 is 0 Å². The van der Waals surface area contributed by atoms with Crippen LogP contribution in [0.15, 0.2) is 50.0 Å². The fourth-order valence-corrected chi connectivity index (χ4v) is 6.32. The minimum absolute atomic E-state index is 0.0787. The number of methoxy groups -OCH3 is 1. The van der Waals surface area contributed by atoms with Crippen LogP contribution in [0.2, 0.25) is 0 Å². The van der Waals surface area contributed by atoms with Crippen LogP contribution < -0.4 is 10.1 Å². The van der Waals surface area contributed by atoms with Crippen molar-refractivity contribution in [2.24, 2.45) is 17.8 Å². The number of hydrogen-bond acceptors (Lipinski definition) is 6. The molecule has 7 nitrogen and oxygen atoms in total. The standard InChI is InChI=1S/C23H17Br2NO6/c1-32-16-5-8(4-13(24)21(16)29)17-9-2-3-10-18(23(31)26-22(10)30)11(9)6-12-19(17)15(27)7-14(25)20(12)28/h2,4-5,7,10-11,17-18,29H,3,6H2,1H3,(H,26,30,31). The molecule has 3 aliphatic carbocycles. The Labute approximate surface area is 199 Å². The van der Waals surface area contributed by atoms with Crippen LogP contribution in [-0.4, -0.2) is 35.6 Å². The Morgan fingerprint density at radius 3 is 2.56 bits per heavy atom. The summed E-state index contributed by atoms with van der Waals surface area (Å²) in [6, 6.07) is 3.32. The molecular formula is C23H17Br2NO6. The van der Waals surface area contributed by atoms with Crippen molar-refractivity contribution in [3.8, 4) is 11.5 Å². The van der Waals surface area contributed by atoms with Crippen molar-refractivity contribution in [1.82, 2.24) is 5.32 Å². The molecule has 1 saturated heterocycles. The third kappa shape index (κ3) is 2.97. The van der Waals surface area contributed by atoms with Crippen LogP contribution in [0.4, 0.5) is 0 Å². The first-order valence-electron chi connectivity index (χ1n) is 10.0. The highest BCUT2D eigenvalue weighted by Crippen LogP contribution is 2.55. The number of imide groups is 1. The van der Waals surface area contributed by atoms with Gasteiger partial charge in [-0.3, -0.25) is 24.5 Å². The van der Waals surface area contributed by atoms with E-state index < -0.39 is 23.7 Å². The number of benzene rings is 1. The van der Waals surface area contributed by atoms with Gasteiger partial charge in [-0.25, -0.2) is 0 Å². The molecule has 4 aliphatic rings. The predicted octanol–water partition coefficient (Wildman–Crippen LogP) is 3.21. The minimum Gasteiger partial charge on any atom is -0.503 e. The van der Waals surface area contributed by atoms with E-state index in [1.165, 1.54) is 13.2 Å². The number of fused-ring (bicyclic) bond motifs is 3. The number of phenolic OH excluding ortho intramolecular Hbond substituents is 1. The summed E-state index contributed by atoms with van der Waals surface area (Å²) in [4.78, 5) is 51.2. The monoisotopic (exact) mass is 561 g/mol. The third-order valence-corrected chi connectivity index (χ3v) is 7.97. The van der Waals surface area contributed by atoms with Crippen LogP contribution in [0.5, 0.6) is 11.5 Å². The maximum atomic E-state index is 13.1. The van der Waals surface area contributed by atoms with E-state index in [0.717, 1.165) is 5.57 Å². The number of amides is 2. The molecule has 164 valence electrons. The summed E-state index contributed by atoms with van der Waals surface area (Å²) in [6.07, 6.45) is 3.80. The molecule has 9 heteroatoms. The number of carbonyl (C=O) groups excluding carboxylic acids is 4. The van der Waals surface area contributed by atoms with E-state index in [2.05, 4.69) is 37.2 Å². The molecule has 2 amide bonds. The summed E-state index contributed by atoms with van der Waals surface area (Å²) in [7, 11) is 1.42. The highest BCUT2D eigenvalue weighted by atomic mass is 79.9. The second-order valence-electron chi connectivity index (χ2n) is 8.30. The van der Waals surface area contributed by atoms with Gasteiger partial charge in [-0.05, 0) is 68.3 Å². The van der Waals surface area contributed by atoms with E-state index in [9.17, 15) is 24.3 Å². The fourth-order valence-electron chi connectivity index (χ4n) is 5.41. The molecule has 2 N–H and O–H groups in total. The fraction of sp³-hybridized carbons (Fsp3) is 0.304. The van der Waals surface area contributed by atoms with Crippen molar-refractivity contribution >= 4 is 55.2 Å². The second kappa shape index (κ2) is 7.52. The lowest BCUT2D eigenvalue weighted by Gasteiger charge is -2.42. The Balaban J connectivity index is 1.74. The maximum absolute atomic E-state index is 13.1. The normalized spacial score (nSPS) is 29.1. The summed E-state index contributed by atoms with van der Waals surface area (Å²) in [5, 5.41) is 12.7. The first-order valence-corrected chi connectivity index (χ1v) is 11.6. The summed E-state index contributed by atoms with van der Waals surface area (Å²) >= 11 is 6.52. The molecule has 1 fully saturated rings. The van der Waals surface area contributed by atoms with Gasteiger partial charge in [0.2, 0.25) is 11.8 Å². The van der Waals surface area contributed by atoms with Gasteiger partial charge in [-0.1, -0.05) is 11.6 Å². The topological polar surface area (TPSA) is 110 Å². The van der Waals surface area contributed by atoms with Gasteiger partial charge in [0.15, 0.2) is 23.1 Å². The molecule has 0 bridgehead atoms. The number of phenols is 1. The van der Waals surface area contributed by atoms with Gasteiger partial charge in [0.25, 0.3) is 0 Å². The van der Waals surface area contributed by atoms with E-state index in [4.69, 9.17) is 4.74 Å². The Morgan fingerprint density at radius 1 is 1.09 bits per heavy atom. The quantitative estimate of drug-likeness (QED) is 0.325. The van der Waals surface area contributed by atoms with Crippen LogP contribution in [-0.2, 0) is 19.2 Å². The van der Waals surface area contributed by atoms with Crippen molar-refractivity contribution in [3.05, 3.63) is 55.5 Å². The molecule has 0 spiro atoms. The van der Waals surface area contributed by atoms with Gasteiger partial charge < -0.3 is 9.84 Å². The molecule has 4 atom stereocenters. The van der Waals surface area contributed by atoms with Crippen molar-refractivity contribution in [2.45, 2.75) is 18.8 Å². The second-order valence-corrected chi connectivity index (χ2v) is 10.0. The van der Waals surface area contributed by atoms with Gasteiger partial charge in [-0.15, -0.1) is 0 Å². The molecule has 0 aromatic heterocycles. The molecule has 1 heterocycles. The summed E-state index contributed by atoms with van der Waals surface area (Å²) in [6.45, 7) is 0. The summed E-state index contributed by atoms with van der Waals surface area (Å²) < 4.78 is 5.86. The Bertz CT molecular complexity index is 1230. The maximum Gasteiger partial charge on any atom is 0.231 e. The number of Topliss-reactive ketones (excluding diaryl/α,β-unsaturated/α-hetero) is 1. The van der Waals surface area contributed by atoms with E-state index in [1.54, 1.807) is 12.1 Å². The zero-order chi connectivity index (χ0) is 22.9. The predicted molar refractivity (Wildman–Crippen MR) is 120 cm³/mol. The molecule has 1 aliphatic heterocycles. The van der Waals surface area contributed by atoms with Crippen LogP contribution in [0.3, 0.4) is 0 Å². The highest BCUT2D eigenvalue weighted by Gasteiger charge is 2.53. The van der Waals surface area contributed by atoms with Crippen LogP contribution in [0.25, 0.3) is 0 Å². The zero-order valence-electron chi connectivity index (χ0n) is 16.8. The molecule has 5 rings (SSSR count). The summed E-state index contributed by atoms with van der Waals surface area (Å²) in [5.74, 6) is -3.14. The van der Waals surface area contributed by atoms with Crippen molar-refractivity contribution < 1.29 is 29.0 Å². The number of ketones is 2. The van der Waals surface area contributed by atoms with Crippen molar-refractivity contribution in [2.75, 3.05) is 7.11 Å². The Morgan fingerprint density at radius 2 is 1.84 bits per heavy atom. The number of carbonyl (C=O) groups is 4. The Hall–Kier alpha value is -2.52. The van der Waals surface area contributed by atoms with Crippen LogP contribution in [0, 0.1) is 17.8 Å². The minimum atomic E-state index is -0.604. The lowest BCUT2D eigenvalue weighted by atomic mass is 9.59. The molecule has 4 unspecified atom stereocenters. The van der Waals surface area contributed by atoms with Crippen molar-refractivity contribution in [1.29, 1.82) is 0 Å². The molecular weight excluding hydrogens is 546 g/mol. The smallest absolute Gasteiger partial charge is 0.231 e. The van der Waals surface area contributed by atoms with Gasteiger partial charge in [0, 0.05) is 23.1 Å². The average Bonchev–Trinajstić information content (AvgIpc) is 3.06. The number of allylic oxidation sites excluding steroid dienone is 6. The first-order chi connectivity index (χ1) is 15.2. The molecule has 1 aromatic rings. The number of nitrogens with one attached hydrogen (secondary N) is 1. The first kappa shape index (κ1) is 21.3. The van der Waals surface area contributed by atoms with Crippen molar-refractivity contribution in [3.63, 3.8) is 0 Å². The summed E-state index contributed by atoms with van der Waals surface area (Å²) in [5.41, 5.74) is 2.20. The molecule has 0 saturated carbocycles. The SMILES string of the molecule is COc1cc(C2C3=CCC4C(=O)NC(=O)C4C3CC3=C2C(=O)C=C(Br)C3=O)cc(Br)c1O. The van der Waals surface area contributed by atoms with Gasteiger partial charge in [0.1, 0.15) is 0 Å². The van der Waals surface area contributed by atoms with E-state index in [-0.39, 0.29) is 45.8 Å². The highest BCUT2D eigenvalue weighted by molar-refractivity contribution is 9.12. The number of hydrogen-bond donors (Lipinski definition) is 2. The Kier molecular flexibility index (Phi) is 5.01. The van der Waals surface area contributed by atoms with Crippen LogP contribution in [0.1, 0.15) is 24.3 Å². The largest absolute Gasteiger partial charge is 0.503 e. The zero-order valence-corrected chi connectivity index (χ0v) is 19.9. The van der Waals surface area contributed by atoms with Gasteiger partial charge in [0.05, 0.1) is 27.9 Å². The van der Waals surface area contributed by atoms with E-state index in [1.807, 2.05) is 6.08 Å². The third-order valence-electron chi connectivity index (χ3n) is 6.78. The van der Waals surface area contributed by atoms with Crippen LogP contribution >= 0.6 is 31.9 Å². The average molecular weight is 563 g/mol. The number of ether oxygens (including phenoxy) is 1. The lowest BCUT2D eigenvalue weighted by Crippen LogP contribution is -2.39. The van der Waals surface area contributed by atoms with E-state index in [0.29, 0.717) is 27.6 Å². The number of halogens is 2. The lowest BCUT2D eigenvalue weighted by molar-refractivity contribution is -0.126. The molecule has 32 heavy (non-hydrogen) atoms. The number of rotatable bonds is 2. The van der Waals surface area contributed by atoms with Gasteiger partial charge in [-0.2, -0.15) is 0 Å². The molecule has 0 radical (unpaired) electrons. The number of aromatic hydroxyl groups is 1.